The summed E-state index contributed by atoms with van der Waals surface area (Å²) >= 11 is 0. The van der Waals surface area contributed by atoms with E-state index in [1.807, 2.05) is 34.8 Å². The van der Waals surface area contributed by atoms with Crippen LogP contribution in [0.2, 0.25) is 0 Å². The number of hydrogen-bond acceptors (Lipinski definition) is 4. The van der Waals surface area contributed by atoms with Crippen molar-refractivity contribution in [3.8, 4) is 11.4 Å². The summed E-state index contributed by atoms with van der Waals surface area (Å²) in [5.74, 6) is 2.37. The second-order valence-electron chi connectivity index (χ2n) is 7.55. The molecule has 2 aromatic heterocycles. The summed E-state index contributed by atoms with van der Waals surface area (Å²) in [5, 5.41) is 8.49. The monoisotopic (exact) mass is 369 g/mol. The van der Waals surface area contributed by atoms with Gasteiger partial charge < -0.3 is 5.32 Å². The third-order valence-corrected chi connectivity index (χ3v) is 5.44. The van der Waals surface area contributed by atoms with E-state index in [4.69, 9.17) is 15.1 Å². The number of benzene rings is 2. The SMILES string of the molecule is Cc1ccc(C)c(Nc2c3c(nc4nc(-c5ccccc5)nn24)CCCC3)c1. The fourth-order valence-corrected chi connectivity index (χ4v) is 3.88. The third-order valence-electron chi connectivity index (χ3n) is 5.44. The van der Waals surface area contributed by atoms with Crippen LogP contribution in [-0.2, 0) is 12.8 Å². The van der Waals surface area contributed by atoms with E-state index in [1.165, 1.54) is 29.5 Å². The van der Waals surface area contributed by atoms with E-state index in [0.29, 0.717) is 11.6 Å². The number of aromatic nitrogens is 4. The maximum Gasteiger partial charge on any atom is 0.254 e. The number of nitrogens with one attached hydrogen (secondary N) is 1. The van der Waals surface area contributed by atoms with Crippen LogP contribution in [0.3, 0.4) is 0 Å². The normalized spacial score (nSPS) is 13.5. The van der Waals surface area contributed by atoms with Crippen LogP contribution in [0, 0.1) is 13.8 Å². The van der Waals surface area contributed by atoms with Gasteiger partial charge in [0.1, 0.15) is 5.82 Å². The van der Waals surface area contributed by atoms with Crippen molar-refractivity contribution in [3.05, 3.63) is 70.9 Å². The van der Waals surface area contributed by atoms with Crippen LogP contribution in [0.4, 0.5) is 11.5 Å². The Bertz CT molecular complexity index is 1160. The molecule has 5 rings (SSSR count). The number of nitrogens with zero attached hydrogens (tertiary/aromatic N) is 4. The van der Waals surface area contributed by atoms with Gasteiger partial charge in [0.15, 0.2) is 5.82 Å². The molecule has 5 nitrogen and oxygen atoms in total. The Balaban J connectivity index is 1.71. The molecule has 0 saturated carbocycles. The Morgan fingerprint density at radius 2 is 1.75 bits per heavy atom. The second kappa shape index (κ2) is 6.75. The van der Waals surface area contributed by atoms with Gasteiger partial charge in [0.05, 0.1) is 5.69 Å². The summed E-state index contributed by atoms with van der Waals surface area (Å²) in [5.41, 5.74) is 6.97. The minimum absolute atomic E-state index is 0.660. The predicted octanol–water partition coefficient (Wildman–Crippen LogP) is 5.03. The van der Waals surface area contributed by atoms with Crippen molar-refractivity contribution in [3.63, 3.8) is 0 Å². The lowest BCUT2D eigenvalue weighted by atomic mass is 9.96. The van der Waals surface area contributed by atoms with Crippen molar-refractivity contribution in [1.29, 1.82) is 0 Å². The molecule has 1 N–H and O–H groups in total. The Labute approximate surface area is 164 Å². The molecule has 4 aromatic rings. The number of fused-ring (bicyclic) bond motifs is 2. The molecule has 0 saturated heterocycles. The molecule has 1 aliphatic carbocycles. The van der Waals surface area contributed by atoms with Gasteiger partial charge in [-0.05, 0) is 56.7 Å². The summed E-state index contributed by atoms with van der Waals surface area (Å²) in [6.45, 7) is 4.24. The summed E-state index contributed by atoms with van der Waals surface area (Å²) in [4.78, 5) is 9.59. The zero-order valence-electron chi connectivity index (χ0n) is 16.2. The van der Waals surface area contributed by atoms with Crippen molar-refractivity contribution < 1.29 is 0 Å². The van der Waals surface area contributed by atoms with Gasteiger partial charge >= 0.3 is 0 Å². The Hall–Kier alpha value is -3.21. The summed E-state index contributed by atoms with van der Waals surface area (Å²) < 4.78 is 1.88. The molecule has 0 unspecified atom stereocenters. The number of aryl methyl sites for hydroxylation is 3. The minimum Gasteiger partial charge on any atom is -0.340 e. The Kier molecular flexibility index (Phi) is 4.08. The molecule has 5 heteroatoms. The number of rotatable bonds is 3. The van der Waals surface area contributed by atoms with Crippen molar-refractivity contribution in [2.75, 3.05) is 5.32 Å². The average molecular weight is 369 g/mol. The summed E-state index contributed by atoms with van der Waals surface area (Å²) in [6, 6.07) is 16.6. The first-order chi connectivity index (χ1) is 13.7. The van der Waals surface area contributed by atoms with E-state index in [0.717, 1.165) is 35.6 Å². The first kappa shape index (κ1) is 16.9. The van der Waals surface area contributed by atoms with Gasteiger partial charge in [-0.2, -0.15) is 9.50 Å². The largest absolute Gasteiger partial charge is 0.340 e. The Morgan fingerprint density at radius 3 is 2.61 bits per heavy atom. The topological polar surface area (TPSA) is 55.1 Å². The van der Waals surface area contributed by atoms with Crippen molar-refractivity contribution in [1.82, 2.24) is 19.6 Å². The van der Waals surface area contributed by atoms with Crippen molar-refractivity contribution >= 4 is 17.3 Å². The molecule has 28 heavy (non-hydrogen) atoms. The van der Waals surface area contributed by atoms with Crippen LogP contribution in [0.1, 0.15) is 35.2 Å². The van der Waals surface area contributed by atoms with E-state index >= 15 is 0 Å². The molecule has 1 aliphatic rings. The zero-order valence-corrected chi connectivity index (χ0v) is 16.2. The highest BCUT2D eigenvalue weighted by molar-refractivity contribution is 5.67. The lowest BCUT2D eigenvalue weighted by molar-refractivity contribution is 0.662. The van der Waals surface area contributed by atoms with Crippen LogP contribution in [0.15, 0.2) is 48.5 Å². The van der Waals surface area contributed by atoms with E-state index in [2.05, 4.69) is 37.4 Å². The molecule has 0 fully saturated rings. The molecule has 0 radical (unpaired) electrons. The van der Waals surface area contributed by atoms with Crippen molar-refractivity contribution in [2.45, 2.75) is 39.5 Å². The molecular formula is C23H23N5. The van der Waals surface area contributed by atoms with Crippen LogP contribution in [0.5, 0.6) is 0 Å². The van der Waals surface area contributed by atoms with E-state index < -0.39 is 0 Å². The molecule has 0 amide bonds. The predicted molar refractivity (Wildman–Crippen MR) is 112 cm³/mol. The van der Waals surface area contributed by atoms with Gasteiger partial charge in [0.2, 0.25) is 0 Å². The standard InChI is InChI=1S/C23H23N5/c1-15-12-13-16(2)20(14-15)24-22-18-10-6-7-11-19(18)25-23-26-21(27-28(22)23)17-8-4-3-5-9-17/h3-5,8-9,12-14,24H,6-7,10-11H2,1-2H3. The smallest absolute Gasteiger partial charge is 0.254 e. The highest BCUT2D eigenvalue weighted by Gasteiger charge is 2.21. The zero-order chi connectivity index (χ0) is 19.1. The first-order valence-corrected chi connectivity index (χ1v) is 9.87. The van der Waals surface area contributed by atoms with Crippen LogP contribution in [0.25, 0.3) is 17.2 Å². The van der Waals surface area contributed by atoms with Gasteiger partial charge in [-0.1, -0.05) is 42.5 Å². The van der Waals surface area contributed by atoms with Gasteiger partial charge in [-0.3, -0.25) is 0 Å². The lowest BCUT2D eigenvalue weighted by Gasteiger charge is -2.20. The maximum absolute atomic E-state index is 4.85. The summed E-state index contributed by atoms with van der Waals surface area (Å²) in [6.07, 6.45) is 4.38. The summed E-state index contributed by atoms with van der Waals surface area (Å²) in [7, 11) is 0. The van der Waals surface area contributed by atoms with Crippen LogP contribution >= 0.6 is 0 Å². The minimum atomic E-state index is 0.660. The fourth-order valence-electron chi connectivity index (χ4n) is 3.88. The average Bonchev–Trinajstić information content (AvgIpc) is 3.15. The van der Waals surface area contributed by atoms with Crippen molar-refractivity contribution in [2.24, 2.45) is 0 Å². The molecule has 0 bridgehead atoms. The van der Waals surface area contributed by atoms with Gasteiger partial charge in [-0.15, -0.1) is 5.10 Å². The van der Waals surface area contributed by atoms with Gasteiger partial charge in [-0.25, -0.2) is 4.98 Å². The maximum atomic E-state index is 4.85. The lowest BCUT2D eigenvalue weighted by Crippen LogP contribution is -2.14. The molecule has 140 valence electrons. The van der Waals surface area contributed by atoms with Crippen LogP contribution < -0.4 is 5.32 Å². The second-order valence-corrected chi connectivity index (χ2v) is 7.55. The van der Waals surface area contributed by atoms with Crippen LogP contribution in [-0.4, -0.2) is 19.6 Å². The van der Waals surface area contributed by atoms with E-state index in [1.54, 1.807) is 0 Å². The highest BCUT2D eigenvalue weighted by atomic mass is 15.4. The fraction of sp³-hybridized carbons (Fsp3) is 0.261. The number of hydrogen-bond donors (Lipinski definition) is 1. The first-order valence-electron chi connectivity index (χ1n) is 9.87. The molecular weight excluding hydrogens is 346 g/mol. The molecule has 2 heterocycles. The van der Waals surface area contributed by atoms with E-state index in [9.17, 15) is 0 Å². The molecule has 0 atom stereocenters. The number of anilines is 2. The van der Waals surface area contributed by atoms with E-state index in [-0.39, 0.29) is 0 Å². The Morgan fingerprint density at radius 1 is 0.929 bits per heavy atom. The third kappa shape index (κ3) is 2.93. The molecule has 2 aromatic carbocycles. The quantitative estimate of drug-likeness (QED) is 0.550. The molecule has 0 spiro atoms. The molecule has 0 aliphatic heterocycles. The van der Waals surface area contributed by atoms with Gasteiger partial charge in [0.25, 0.3) is 5.78 Å². The highest BCUT2D eigenvalue weighted by Crippen LogP contribution is 2.31. The van der Waals surface area contributed by atoms with Gasteiger partial charge in [0, 0.05) is 16.8 Å².